The van der Waals surface area contributed by atoms with Gasteiger partial charge in [-0.15, -0.1) is 6.58 Å². The quantitative estimate of drug-likeness (QED) is 0.360. The highest BCUT2D eigenvalue weighted by atomic mass is 16.1. The third-order valence-electron chi connectivity index (χ3n) is 1.39. The molecule has 60 valence electrons. The molecule has 0 bridgehead atoms. The summed E-state index contributed by atoms with van der Waals surface area (Å²) in [5, 5.41) is 0. The fourth-order valence-corrected chi connectivity index (χ4v) is 0.686. The molecule has 0 amide bonds. The van der Waals surface area contributed by atoms with Gasteiger partial charge in [0.05, 0.1) is 5.54 Å². The summed E-state index contributed by atoms with van der Waals surface area (Å²) in [6, 6.07) is 0. The Morgan fingerprint density at radius 3 is 2.80 bits per heavy atom. The van der Waals surface area contributed by atoms with E-state index in [0.29, 0.717) is 0 Å². The molecule has 0 rings (SSSR count). The Hall–Kier alpha value is -0.630. The van der Waals surface area contributed by atoms with Crippen LogP contribution in [-0.2, 0) is 4.79 Å². The van der Waals surface area contributed by atoms with Gasteiger partial charge in [-0.25, -0.2) is 0 Å². The van der Waals surface area contributed by atoms with Crippen molar-refractivity contribution in [1.29, 1.82) is 0 Å². The molecule has 0 aromatic heterocycles. The maximum absolute atomic E-state index is 10.3. The van der Waals surface area contributed by atoms with E-state index in [0.717, 1.165) is 25.5 Å². The molecule has 0 radical (unpaired) electrons. The average Bonchev–Trinajstić information content (AvgIpc) is 1.89. The zero-order valence-electron chi connectivity index (χ0n) is 6.47. The van der Waals surface area contributed by atoms with Crippen molar-refractivity contribution < 1.29 is 6.22 Å². The lowest BCUT2D eigenvalue weighted by Gasteiger charge is -2.15. The molecule has 0 aromatic carbocycles. The summed E-state index contributed by atoms with van der Waals surface area (Å²) < 4.78 is 0. The lowest BCUT2D eigenvalue weighted by atomic mass is 9.98. The number of nitrogens with two attached hydrogens (primary N) is 1. The molecule has 10 heavy (non-hydrogen) atoms. The van der Waals surface area contributed by atoms with Gasteiger partial charge in [-0.3, -0.25) is 0 Å². The number of unbranched alkanes of at least 4 members (excludes halogenated alkanes) is 1. The molecule has 0 aliphatic rings. The largest absolute Gasteiger partial charge is 0.319 e. The minimum Gasteiger partial charge on any atom is -0.319 e. The highest BCUT2D eigenvalue weighted by Crippen LogP contribution is 2.07. The first-order chi connectivity index (χ1) is 4.62. The van der Waals surface area contributed by atoms with Crippen LogP contribution in [0.2, 0.25) is 0 Å². The maximum atomic E-state index is 10.3. The smallest absolute Gasteiger partial charge is 0.139 e. The molecule has 0 aromatic rings. The average molecular weight is 143 g/mol. The third-order valence-corrected chi connectivity index (χ3v) is 1.39. The number of allylic oxidation sites excluding steroid dienone is 1. The Morgan fingerprint density at radius 2 is 2.40 bits per heavy atom. The van der Waals surface area contributed by atoms with Crippen LogP contribution in [0.15, 0.2) is 12.7 Å². The van der Waals surface area contributed by atoms with E-state index in [1.54, 1.807) is 6.92 Å². The summed E-state index contributed by atoms with van der Waals surface area (Å²) in [6.07, 6.45) is 5.25. The van der Waals surface area contributed by atoms with E-state index in [-0.39, 0.29) is 1.43 Å². The molecular weight excluding hydrogens is 126 g/mol. The van der Waals surface area contributed by atoms with Crippen LogP contribution in [0.5, 0.6) is 0 Å². The van der Waals surface area contributed by atoms with Gasteiger partial charge in [0.2, 0.25) is 0 Å². The molecule has 0 aliphatic carbocycles. The van der Waals surface area contributed by atoms with Crippen LogP contribution < -0.4 is 5.73 Å². The molecule has 0 saturated heterocycles. The second kappa shape index (κ2) is 4.23. The van der Waals surface area contributed by atoms with Crippen molar-refractivity contribution in [1.82, 2.24) is 0 Å². The van der Waals surface area contributed by atoms with Crippen molar-refractivity contribution in [3.8, 4) is 0 Å². The fraction of sp³-hybridized carbons (Fsp3) is 0.625. The summed E-state index contributed by atoms with van der Waals surface area (Å²) in [6.45, 7) is 5.32. The van der Waals surface area contributed by atoms with Crippen molar-refractivity contribution in [3.05, 3.63) is 12.7 Å². The van der Waals surface area contributed by atoms with Crippen molar-refractivity contribution in [3.63, 3.8) is 0 Å². The Labute approximate surface area is 63.6 Å². The van der Waals surface area contributed by atoms with Crippen LogP contribution in [0.3, 0.4) is 0 Å². The summed E-state index contributed by atoms with van der Waals surface area (Å²) in [5.74, 6) is 0. The first kappa shape index (κ1) is 9.37. The number of aldehydes is 1. The monoisotopic (exact) mass is 143 g/mol. The minimum atomic E-state index is -0.636. The lowest BCUT2D eigenvalue weighted by Crippen LogP contribution is -2.37. The second-order valence-corrected chi connectivity index (χ2v) is 2.80. The normalized spacial score (nSPS) is 15.8. The number of carbonyl (C=O) groups excluding carboxylic acids is 1. The highest BCUT2D eigenvalue weighted by molar-refractivity contribution is 5.62. The van der Waals surface area contributed by atoms with Crippen molar-refractivity contribution in [2.45, 2.75) is 31.7 Å². The molecule has 0 unspecified atom stereocenters. The molecule has 0 spiro atoms. The van der Waals surface area contributed by atoms with Gasteiger partial charge >= 0.3 is 0 Å². The first-order valence-corrected chi connectivity index (χ1v) is 3.48. The Balaban J connectivity index is 0. The van der Waals surface area contributed by atoms with Gasteiger partial charge in [-0.1, -0.05) is 6.08 Å². The minimum absolute atomic E-state index is 0. The van der Waals surface area contributed by atoms with E-state index in [2.05, 4.69) is 6.58 Å². The number of carbonyl (C=O) groups is 1. The van der Waals surface area contributed by atoms with E-state index >= 15 is 0 Å². The first-order valence-electron chi connectivity index (χ1n) is 3.48. The van der Waals surface area contributed by atoms with Crippen LogP contribution in [0.4, 0.5) is 0 Å². The zero-order chi connectivity index (χ0) is 8.04. The molecule has 2 heteroatoms. The highest BCUT2D eigenvalue weighted by Gasteiger charge is 2.14. The summed E-state index contributed by atoms with van der Waals surface area (Å²) in [7, 11) is 0. The molecule has 0 fully saturated rings. The van der Waals surface area contributed by atoms with Gasteiger partial charge in [0, 0.05) is 1.43 Å². The Morgan fingerprint density at radius 1 is 1.80 bits per heavy atom. The van der Waals surface area contributed by atoms with Crippen LogP contribution in [0.1, 0.15) is 27.6 Å². The predicted octanol–water partition coefficient (Wildman–Crippen LogP) is 1.51. The SMILES string of the molecule is C=CCCC[C@](C)(N)C=O.[HH]. The summed E-state index contributed by atoms with van der Waals surface area (Å²) in [5.41, 5.74) is 4.92. The van der Waals surface area contributed by atoms with Crippen molar-refractivity contribution in [2.24, 2.45) is 5.73 Å². The summed E-state index contributed by atoms with van der Waals surface area (Å²) >= 11 is 0. The van der Waals surface area contributed by atoms with Gasteiger partial charge in [0.15, 0.2) is 0 Å². The van der Waals surface area contributed by atoms with E-state index in [4.69, 9.17) is 5.73 Å². The Bertz CT molecular complexity index is 123. The molecule has 0 aliphatic heterocycles. The molecule has 0 saturated carbocycles. The number of hydrogen-bond acceptors (Lipinski definition) is 2. The van der Waals surface area contributed by atoms with Crippen LogP contribution in [0, 0.1) is 0 Å². The van der Waals surface area contributed by atoms with E-state index in [9.17, 15) is 4.79 Å². The molecule has 1 atom stereocenters. The van der Waals surface area contributed by atoms with E-state index in [1.807, 2.05) is 6.08 Å². The molecule has 2 N–H and O–H groups in total. The lowest BCUT2D eigenvalue weighted by molar-refractivity contribution is -0.111. The van der Waals surface area contributed by atoms with Crippen LogP contribution >= 0.6 is 0 Å². The predicted molar refractivity (Wildman–Crippen MR) is 44.8 cm³/mol. The van der Waals surface area contributed by atoms with Gasteiger partial charge < -0.3 is 10.5 Å². The Kier molecular flexibility index (Phi) is 3.96. The van der Waals surface area contributed by atoms with Gasteiger partial charge in [-0.05, 0) is 26.2 Å². The van der Waals surface area contributed by atoms with E-state index < -0.39 is 5.54 Å². The number of rotatable bonds is 5. The summed E-state index contributed by atoms with van der Waals surface area (Å²) in [4.78, 5) is 10.3. The van der Waals surface area contributed by atoms with Crippen LogP contribution in [-0.4, -0.2) is 11.8 Å². The van der Waals surface area contributed by atoms with Gasteiger partial charge in [0.25, 0.3) is 0 Å². The van der Waals surface area contributed by atoms with Gasteiger partial charge in [0.1, 0.15) is 6.29 Å². The van der Waals surface area contributed by atoms with Gasteiger partial charge in [-0.2, -0.15) is 0 Å². The maximum Gasteiger partial charge on any atom is 0.139 e. The van der Waals surface area contributed by atoms with E-state index in [1.165, 1.54) is 0 Å². The van der Waals surface area contributed by atoms with Crippen molar-refractivity contribution >= 4 is 6.29 Å². The molecule has 2 nitrogen and oxygen atoms in total. The van der Waals surface area contributed by atoms with Crippen LogP contribution in [0.25, 0.3) is 0 Å². The number of hydrogen-bond donors (Lipinski definition) is 1. The molecular formula is C8H17NO. The zero-order valence-corrected chi connectivity index (χ0v) is 6.47. The molecule has 0 heterocycles. The topological polar surface area (TPSA) is 43.1 Å². The fourth-order valence-electron chi connectivity index (χ4n) is 0.686. The third kappa shape index (κ3) is 4.27. The standard InChI is InChI=1S/C8H15NO.H2/c1-3-4-5-6-8(2,9)7-10;/h3,7H,1,4-6,9H2,2H3;1H/t8-;/m0./s1. The van der Waals surface area contributed by atoms with Crippen molar-refractivity contribution in [2.75, 3.05) is 0 Å². The second-order valence-electron chi connectivity index (χ2n) is 2.80.